The van der Waals surface area contributed by atoms with Crippen LogP contribution in [-0.4, -0.2) is 31.4 Å². The van der Waals surface area contributed by atoms with Crippen molar-refractivity contribution in [2.45, 2.75) is 6.04 Å². The molecule has 20 heavy (non-hydrogen) atoms. The van der Waals surface area contributed by atoms with Gasteiger partial charge < -0.3 is 10.2 Å². The number of nitrogens with one attached hydrogen (secondary N) is 1. The summed E-state index contributed by atoms with van der Waals surface area (Å²) in [4.78, 5) is 14.9. The Morgan fingerprint density at radius 2 is 2.00 bits per heavy atom. The van der Waals surface area contributed by atoms with Gasteiger partial charge in [-0.2, -0.15) is 0 Å². The third-order valence-corrected chi connectivity index (χ3v) is 4.22. The van der Waals surface area contributed by atoms with Crippen molar-refractivity contribution in [1.29, 1.82) is 0 Å². The van der Waals surface area contributed by atoms with Crippen molar-refractivity contribution in [1.82, 2.24) is 10.2 Å². The van der Waals surface area contributed by atoms with E-state index in [0.717, 1.165) is 12.1 Å². The molecule has 1 amide bonds. The minimum absolute atomic E-state index is 0.0585. The van der Waals surface area contributed by atoms with Gasteiger partial charge >= 0.3 is 0 Å². The summed E-state index contributed by atoms with van der Waals surface area (Å²) in [5.41, 5.74) is 1.09. The van der Waals surface area contributed by atoms with Gasteiger partial charge in [0.1, 0.15) is 4.88 Å². The summed E-state index contributed by atoms with van der Waals surface area (Å²) in [5, 5.41) is 5.38. The molecule has 0 aliphatic rings. The minimum atomic E-state index is -0.124. The van der Waals surface area contributed by atoms with Crippen LogP contribution >= 0.6 is 22.9 Å². The first-order valence-electron chi connectivity index (χ1n) is 6.31. The lowest BCUT2D eigenvalue weighted by Gasteiger charge is -2.22. The fourth-order valence-electron chi connectivity index (χ4n) is 1.96. The van der Waals surface area contributed by atoms with Gasteiger partial charge in [0.05, 0.1) is 11.1 Å². The zero-order valence-corrected chi connectivity index (χ0v) is 13.0. The van der Waals surface area contributed by atoms with Crippen LogP contribution in [-0.2, 0) is 0 Å². The Bertz CT molecular complexity index is 568. The Labute approximate surface area is 128 Å². The van der Waals surface area contributed by atoms with Crippen LogP contribution in [0.4, 0.5) is 0 Å². The monoisotopic (exact) mass is 308 g/mol. The summed E-state index contributed by atoms with van der Waals surface area (Å²) in [5.74, 6) is -0.124. The highest BCUT2D eigenvalue weighted by Gasteiger charge is 2.18. The summed E-state index contributed by atoms with van der Waals surface area (Å²) in [6.07, 6.45) is 0. The van der Waals surface area contributed by atoms with Crippen LogP contribution in [0, 0.1) is 0 Å². The van der Waals surface area contributed by atoms with Crippen molar-refractivity contribution < 1.29 is 4.79 Å². The van der Waals surface area contributed by atoms with Gasteiger partial charge in [-0.3, -0.25) is 4.79 Å². The van der Waals surface area contributed by atoms with E-state index in [1.807, 2.05) is 54.7 Å². The third-order valence-electron chi connectivity index (χ3n) is 2.88. The normalized spacial score (nSPS) is 12.4. The molecule has 2 aromatic rings. The van der Waals surface area contributed by atoms with E-state index in [0.29, 0.717) is 9.90 Å². The van der Waals surface area contributed by atoms with Gasteiger partial charge in [0.2, 0.25) is 0 Å². The predicted octanol–water partition coefficient (Wildman–Crippen LogP) is 3.43. The van der Waals surface area contributed by atoms with Gasteiger partial charge in [-0.1, -0.05) is 41.9 Å². The molecule has 1 heterocycles. The molecule has 0 bridgehead atoms. The van der Waals surface area contributed by atoms with Gasteiger partial charge in [-0.05, 0) is 31.1 Å². The van der Waals surface area contributed by atoms with Crippen molar-refractivity contribution in [3.63, 3.8) is 0 Å². The number of thiophene rings is 1. The molecule has 1 aromatic carbocycles. The van der Waals surface area contributed by atoms with Crippen LogP contribution in [0.1, 0.15) is 21.3 Å². The summed E-state index contributed by atoms with van der Waals surface area (Å²) in [7, 11) is 3.97. The summed E-state index contributed by atoms with van der Waals surface area (Å²) in [6.45, 7) is 0.735. The first-order chi connectivity index (χ1) is 9.58. The maximum absolute atomic E-state index is 12.3. The Kier molecular flexibility index (Phi) is 5.17. The number of hydrogen-bond acceptors (Lipinski definition) is 3. The van der Waals surface area contributed by atoms with Gasteiger partial charge in [0.25, 0.3) is 5.91 Å². The van der Waals surface area contributed by atoms with Crippen LogP contribution in [0.25, 0.3) is 0 Å². The summed E-state index contributed by atoms with van der Waals surface area (Å²) in [6, 6.07) is 11.6. The van der Waals surface area contributed by atoms with Gasteiger partial charge in [0.15, 0.2) is 0 Å². The number of rotatable bonds is 5. The highest BCUT2D eigenvalue weighted by Crippen LogP contribution is 2.23. The second-order valence-electron chi connectivity index (χ2n) is 4.80. The average molecular weight is 309 g/mol. The molecule has 1 aromatic heterocycles. The number of amides is 1. The standard InChI is InChI=1S/C15H17ClN2OS/c1-18(2)10-13(11-6-4-3-5-7-11)17-15(19)14-12(16)8-9-20-14/h3-9,13H,10H2,1-2H3,(H,17,19)/t13-/m1/s1. The number of likely N-dealkylation sites (N-methyl/N-ethyl adjacent to an activating group) is 1. The molecule has 3 nitrogen and oxygen atoms in total. The molecule has 1 atom stereocenters. The molecule has 1 N–H and O–H groups in total. The first-order valence-corrected chi connectivity index (χ1v) is 7.57. The van der Waals surface area contributed by atoms with Gasteiger partial charge in [-0.15, -0.1) is 11.3 Å². The molecule has 2 rings (SSSR count). The molecule has 0 saturated carbocycles. The lowest BCUT2D eigenvalue weighted by molar-refractivity contribution is 0.0934. The molecule has 0 unspecified atom stereocenters. The largest absolute Gasteiger partial charge is 0.343 e. The second kappa shape index (κ2) is 6.88. The van der Waals surface area contributed by atoms with Gasteiger partial charge in [-0.25, -0.2) is 0 Å². The van der Waals surface area contributed by atoms with Crippen molar-refractivity contribution in [2.75, 3.05) is 20.6 Å². The van der Waals surface area contributed by atoms with Crippen LogP contribution in [0.5, 0.6) is 0 Å². The average Bonchev–Trinajstić information content (AvgIpc) is 2.85. The zero-order chi connectivity index (χ0) is 14.5. The zero-order valence-electron chi connectivity index (χ0n) is 11.5. The minimum Gasteiger partial charge on any atom is -0.343 e. The highest BCUT2D eigenvalue weighted by atomic mass is 35.5. The number of hydrogen-bond donors (Lipinski definition) is 1. The van der Waals surface area contributed by atoms with Crippen molar-refractivity contribution in [3.05, 3.63) is 57.2 Å². The van der Waals surface area contributed by atoms with E-state index in [1.165, 1.54) is 11.3 Å². The Morgan fingerprint density at radius 1 is 1.30 bits per heavy atom. The smallest absolute Gasteiger partial charge is 0.263 e. The molecule has 0 fully saturated rings. The predicted molar refractivity (Wildman–Crippen MR) is 84.5 cm³/mol. The lowest BCUT2D eigenvalue weighted by Crippen LogP contribution is -2.35. The van der Waals surface area contributed by atoms with Crippen LogP contribution in [0.15, 0.2) is 41.8 Å². The molecule has 0 spiro atoms. The van der Waals surface area contributed by atoms with E-state index < -0.39 is 0 Å². The summed E-state index contributed by atoms with van der Waals surface area (Å²) < 4.78 is 0. The van der Waals surface area contributed by atoms with Crippen molar-refractivity contribution in [2.24, 2.45) is 0 Å². The Morgan fingerprint density at radius 3 is 2.55 bits per heavy atom. The van der Waals surface area contributed by atoms with Crippen molar-refractivity contribution >= 4 is 28.8 Å². The lowest BCUT2D eigenvalue weighted by atomic mass is 10.1. The van der Waals surface area contributed by atoms with E-state index >= 15 is 0 Å². The van der Waals surface area contributed by atoms with E-state index in [9.17, 15) is 4.79 Å². The molecule has 106 valence electrons. The SMILES string of the molecule is CN(C)C[C@@H](NC(=O)c1sccc1Cl)c1ccccc1. The molecule has 0 radical (unpaired) electrons. The highest BCUT2D eigenvalue weighted by molar-refractivity contribution is 7.12. The molecule has 0 saturated heterocycles. The number of carbonyl (C=O) groups excluding carboxylic acids is 1. The Balaban J connectivity index is 2.16. The van der Waals surface area contributed by atoms with Crippen LogP contribution in [0.2, 0.25) is 5.02 Å². The van der Waals surface area contributed by atoms with Crippen LogP contribution in [0.3, 0.4) is 0 Å². The maximum Gasteiger partial charge on any atom is 0.263 e. The molecule has 0 aliphatic carbocycles. The second-order valence-corrected chi connectivity index (χ2v) is 6.12. The van der Waals surface area contributed by atoms with E-state index in [-0.39, 0.29) is 11.9 Å². The number of halogens is 1. The van der Waals surface area contributed by atoms with Crippen molar-refractivity contribution in [3.8, 4) is 0 Å². The van der Waals surface area contributed by atoms with Crippen LogP contribution < -0.4 is 5.32 Å². The number of nitrogens with zero attached hydrogens (tertiary/aromatic N) is 1. The van der Waals surface area contributed by atoms with E-state index in [1.54, 1.807) is 6.07 Å². The first kappa shape index (κ1) is 15.0. The van der Waals surface area contributed by atoms with Gasteiger partial charge in [0, 0.05) is 6.54 Å². The van der Waals surface area contributed by atoms with E-state index in [4.69, 9.17) is 11.6 Å². The summed E-state index contributed by atoms with van der Waals surface area (Å²) >= 11 is 7.37. The fourth-order valence-corrected chi connectivity index (χ4v) is 3.01. The Hall–Kier alpha value is -1.36. The topological polar surface area (TPSA) is 32.3 Å². The maximum atomic E-state index is 12.3. The quantitative estimate of drug-likeness (QED) is 0.918. The molecular weight excluding hydrogens is 292 g/mol. The number of carbonyl (C=O) groups is 1. The van der Waals surface area contributed by atoms with E-state index in [2.05, 4.69) is 5.32 Å². The fraction of sp³-hybridized carbons (Fsp3) is 0.267. The third kappa shape index (κ3) is 3.82. The molecule has 0 aliphatic heterocycles. The number of benzene rings is 1. The molecular formula is C15H17ClN2OS. The molecule has 5 heteroatoms.